The average molecular weight is 151 g/mol. The predicted molar refractivity (Wildman–Crippen MR) is 42.7 cm³/mol. The minimum absolute atomic E-state index is 0.230. The standard InChI is InChI=1S/C9H13NO/c1-7-3-4-8(6-10)9(2,11)5-7/h3,8,11H,4-5H2,1-2H3. The smallest absolute Gasteiger partial charge is 0.0817 e. The highest BCUT2D eigenvalue weighted by Gasteiger charge is 2.33. The Bertz CT molecular complexity index is 222. The quantitative estimate of drug-likeness (QED) is 0.534. The van der Waals surface area contributed by atoms with Crippen LogP contribution < -0.4 is 0 Å². The third-order valence-electron chi connectivity index (χ3n) is 2.25. The van der Waals surface area contributed by atoms with Crippen molar-refractivity contribution in [2.24, 2.45) is 5.92 Å². The van der Waals surface area contributed by atoms with Crippen molar-refractivity contribution in [3.63, 3.8) is 0 Å². The fraction of sp³-hybridized carbons (Fsp3) is 0.667. The highest BCUT2D eigenvalue weighted by atomic mass is 16.3. The third-order valence-corrected chi connectivity index (χ3v) is 2.25. The molecular formula is C9H13NO. The summed E-state index contributed by atoms with van der Waals surface area (Å²) in [5, 5.41) is 18.4. The average Bonchev–Trinajstić information content (AvgIpc) is 1.85. The van der Waals surface area contributed by atoms with E-state index >= 15 is 0 Å². The van der Waals surface area contributed by atoms with E-state index in [0.717, 1.165) is 0 Å². The lowest BCUT2D eigenvalue weighted by molar-refractivity contribution is 0.0170. The predicted octanol–water partition coefficient (Wildman–Crippen LogP) is 1.62. The molecule has 2 heteroatoms. The molecule has 2 unspecified atom stereocenters. The molecule has 2 atom stereocenters. The van der Waals surface area contributed by atoms with E-state index in [1.165, 1.54) is 5.57 Å². The second-order valence-electron chi connectivity index (χ2n) is 3.50. The van der Waals surface area contributed by atoms with Gasteiger partial charge in [0.2, 0.25) is 0 Å². The third kappa shape index (κ3) is 1.61. The van der Waals surface area contributed by atoms with Crippen LogP contribution in [0.25, 0.3) is 0 Å². The van der Waals surface area contributed by atoms with Crippen LogP contribution in [0.3, 0.4) is 0 Å². The Labute approximate surface area is 67.2 Å². The summed E-state index contributed by atoms with van der Waals surface area (Å²) in [5.74, 6) is -0.230. The maximum absolute atomic E-state index is 9.74. The molecule has 11 heavy (non-hydrogen) atoms. The number of aliphatic hydroxyl groups is 1. The van der Waals surface area contributed by atoms with Gasteiger partial charge in [-0.3, -0.25) is 0 Å². The number of rotatable bonds is 0. The molecule has 60 valence electrons. The molecule has 0 saturated carbocycles. The largest absolute Gasteiger partial charge is 0.388 e. The van der Waals surface area contributed by atoms with Crippen LogP contribution in [0, 0.1) is 17.2 Å². The van der Waals surface area contributed by atoms with Crippen LogP contribution in [0.1, 0.15) is 26.7 Å². The number of hydrogen-bond donors (Lipinski definition) is 1. The second-order valence-corrected chi connectivity index (χ2v) is 3.50. The highest BCUT2D eigenvalue weighted by molar-refractivity contribution is 5.14. The maximum Gasteiger partial charge on any atom is 0.0817 e. The van der Waals surface area contributed by atoms with Crippen molar-refractivity contribution in [3.8, 4) is 6.07 Å². The topological polar surface area (TPSA) is 44.0 Å². The molecule has 1 rings (SSSR count). The van der Waals surface area contributed by atoms with Crippen molar-refractivity contribution in [3.05, 3.63) is 11.6 Å². The van der Waals surface area contributed by atoms with Crippen molar-refractivity contribution in [1.29, 1.82) is 5.26 Å². The van der Waals surface area contributed by atoms with E-state index in [9.17, 15) is 5.11 Å². The number of nitrogens with zero attached hydrogens (tertiary/aromatic N) is 1. The van der Waals surface area contributed by atoms with Gasteiger partial charge in [-0.15, -0.1) is 0 Å². The van der Waals surface area contributed by atoms with E-state index in [2.05, 4.69) is 6.07 Å². The zero-order valence-electron chi connectivity index (χ0n) is 6.96. The SMILES string of the molecule is CC1=CCC(C#N)C(C)(O)C1. The first-order valence-corrected chi connectivity index (χ1v) is 3.84. The van der Waals surface area contributed by atoms with Crippen molar-refractivity contribution in [2.75, 3.05) is 0 Å². The van der Waals surface area contributed by atoms with Gasteiger partial charge in [-0.25, -0.2) is 0 Å². The number of hydrogen-bond acceptors (Lipinski definition) is 2. The van der Waals surface area contributed by atoms with Crippen LogP contribution in [0.5, 0.6) is 0 Å². The lowest BCUT2D eigenvalue weighted by Crippen LogP contribution is -2.35. The molecular weight excluding hydrogens is 138 g/mol. The summed E-state index contributed by atoms with van der Waals surface area (Å²) in [4.78, 5) is 0. The van der Waals surface area contributed by atoms with Gasteiger partial charge in [0.1, 0.15) is 0 Å². The van der Waals surface area contributed by atoms with Gasteiger partial charge in [0, 0.05) is 0 Å². The maximum atomic E-state index is 9.74. The number of nitriles is 1. The lowest BCUT2D eigenvalue weighted by atomic mass is 9.78. The van der Waals surface area contributed by atoms with Crippen molar-refractivity contribution >= 4 is 0 Å². The minimum Gasteiger partial charge on any atom is -0.388 e. The van der Waals surface area contributed by atoms with Crippen LogP contribution in [-0.4, -0.2) is 10.7 Å². The Morgan fingerprint density at radius 2 is 2.45 bits per heavy atom. The van der Waals surface area contributed by atoms with Crippen molar-refractivity contribution < 1.29 is 5.11 Å². The molecule has 0 aromatic carbocycles. The fourth-order valence-electron chi connectivity index (χ4n) is 1.52. The van der Waals surface area contributed by atoms with Gasteiger partial charge in [0.05, 0.1) is 17.6 Å². The highest BCUT2D eigenvalue weighted by Crippen LogP contribution is 2.32. The summed E-state index contributed by atoms with van der Waals surface area (Å²) in [7, 11) is 0. The van der Waals surface area contributed by atoms with Gasteiger partial charge in [0.25, 0.3) is 0 Å². The molecule has 0 fully saturated rings. The van der Waals surface area contributed by atoms with Crippen LogP contribution in [0.2, 0.25) is 0 Å². The van der Waals surface area contributed by atoms with Crippen LogP contribution >= 0.6 is 0 Å². The second kappa shape index (κ2) is 2.67. The summed E-state index contributed by atoms with van der Waals surface area (Å²) in [6, 6.07) is 2.12. The van der Waals surface area contributed by atoms with E-state index < -0.39 is 5.60 Å². The Morgan fingerprint density at radius 1 is 1.82 bits per heavy atom. The summed E-state index contributed by atoms with van der Waals surface area (Å²) < 4.78 is 0. The van der Waals surface area contributed by atoms with E-state index in [-0.39, 0.29) is 5.92 Å². The Balaban J connectivity index is 2.81. The molecule has 0 heterocycles. The van der Waals surface area contributed by atoms with Crippen LogP contribution in [0.4, 0.5) is 0 Å². The first-order valence-electron chi connectivity index (χ1n) is 3.84. The molecule has 0 spiro atoms. The normalized spacial score (nSPS) is 37.6. The summed E-state index contributed by atoms with van der Waals surface area (Å²) >= 11 is 0. The van der Waals surface area contributed by atoms with Gasteiger partial charge < -0.3 is 5.11 Å². The monoisotopic (exact) mass is 151 g/mol. The van der Waals surface area contributed by atoms with Gasteiger partial charge >= 0.3 is 0 Å². The number of allylic oxidation sites excluding steroid dienone is 1. The molecule has 0 aromatic rings. The molecule has 1 aliphatic carbocycles. The fourth-order valence-corrected chi connectivity index (χ4v) is 1.52. The van der Waals surface area contributed by atoms with Crippen molar-refractivity contribution in [2.45, 2.75) is 32.3 Å². The Morgan fingerprint density at radius 3 is 2.91 bits per heavy atom. The Kier molecular flexibility index (Phi) is 2.01. The summed E-state index contributed by atoms with van der Waals surface area (Å²) in [5.41, 5.74) is 0.370. The zero-order chi connectivity index (χ0) is 8.48. The molecule has 0 radical (unpaired) electrons. The minimum atomic E-state index is -0.812. The van der Waals surface area contributed by atoms with Gasteiger partial charge in [-0.2, -0.15) is 5.26 Å². The Hall–Kier alpha value is -0.810. The van der Waals surface area contributed by atoms with Gasteiger partial charge in [-0.05, 0) is 26.7 Å². The van der Waals surface area contributed by atoms with Crippen molar-refractivity contribution in [1.82, 2.24) is 0 Å². The van der Waals surface area contributed by atoms with Crippen LogP contribution in [-0.2, 0) is 0 Å². The van der Waals surface area contributed by atoms with Gasteiger partial charge in [0.15, 0.2) is 0 Å². The lowest BCUT2D eigenvalue weighted by Gasteiger charge is -2.31. The molecule has 0 aromatic heterocycles. The molecule has 0 aliphatic heterocycles. The first kappa shape index (κ1) is 8.29. The zero-order valence-corrected chi connectivity index (χ0v) is 6.96. The van der Waals surface area contributed by atoms with E-state index in [4.69, 9.17) is 5.26 Å². The van der Waals surface area contributed by atoms with Crippen LogP contribution in [0.15, 0.2) is 11.6 Å². The summed E-state index contributed by atoms with van der Waals surface area (Å²) in [6.45, 7) is 3.72. The molecule has 0 saturated heterocycles. The molecule has 1 N–H and O–H groups in total. The molecule has 1 aliphatic rings. The molecule has 0 amide bonds. The first-order chi connectivity index (χ1) is 5.06. The van der Waals surface area contributed by atoms with E-state index in [1.54, 1.807) is 6.92 Å². The van der Waals surface area contributed by atoms with E-state index in [0.29, 0.717) is 12.8 Å². The molecule has 0 bridgehead atoms. The van der Waals surface area contributed by atoms with Gasteiger partial charge in [-0.1, -0.05) is 11.6 Å². The molecule has 2 nitrogen and oxygen atoms in total. The van der Waals surface area contributed by atoms with E-state index in [1.807, 2.05) is 13.0 Å². The summed E-state index contributed by atoms with van der Waals surface area (Å²) in [6.07, 6.45) is 3.35.